The number of sulfone groups is 1. The molecule has 1 atom stereocenters. The quantitative estimate of drug-likeness (QED) is 0.352. The largest absolute Gasteiger partial charge is 0.286 e. The summed E-state index contributed by atoms with van der Waals surface area (Å²) >= 11 is 0. The molecule has 0 aromatic rings. The summed E-state index contributed by atoms with van der Waals surface area (Å²) in [5.74, 6) is -0.234. The lowest BCUT2D eigenvalue weighted by atomic mass is 10.4. The van der Waals surface area contributed by atoms with Crippen LogP contribution >= 0.6 is 0 Å². The molecule has 11 heavy (non-hydrogen) atoms. The molecular weight excluding hydrogens is 170 g/mol. The maximum atomic E-state index is 10.6. The zero-order valence-electron chi connectivity index (χ0n) is 6.39. The van der Waals surface area contributed by atoms with E-state index < -0.39 is 15.9 Å². The Bertz CT molecular complexity index is 223. The van der Waals surface area contributed by atoms with Gasteiger partial charge in [-0.3, -0.25) is 10.0 Å². The fourth-order valence-corrected chi connectivity index (χ4v) is 1.65. The van der Waals surface area contributed by atoms with Crippen LogP contribution in [0.3, 0.4) is 0 Å². The van der Waals surface area contributed by atoms with Gasteiger partial charge in [-0.25, -0.2) is 13.5 Å². The molecule has 6 heteroatoms. The molecule has 0 radical (unpaired) electrons. The maximum absolute atomic E-state index is 10.6. The van der Waals surface area contributed by atoms with Crippen molar-refractivity contribution in [3.63, 3.8) is 0 Å². The van der Waals surface area contributed by atoms with Crippen LogP contribution in [0.1, 0.15) is 6.92 Å². The van der Waals surface area contributed by atoms with Crippen LogP contribution in [-0.2, 0) is 14.6 Å². The Kier molecular flexibility index (Phi) is 3.47. The summed E-state index contributed by atoms with van der Waals surface area (Å²) < 4.78 is 21.2. The van der Waals surface area contributed by atoms with Gasteiger partial charge in [0.05, 0.1) is 11.8 Å². The fourth-order valence-electron chi connectivity index (χ4n) is 0.618. The highest BCUT2D eigenvalue weighted by atomic mass is 32.2. The number of nitrogens with zero attached hydrogens (tertiary/aromatic N) is 1. The molecule has 0 unspecified atom stereocenters. The molecule has 0 fully saturated rings. The Labute approximate surface area is 65.5 Å². The third-order valence-electron chi connectivity index (χ3n) is 1.10. The molecule has 0 aliphatic rings. The molecule has 0 saturated heterocycles. The van der Waals surface area contributed by atoms with Gasteiger partial charge in [-0.1, -0.05) is 0 Å². The summed E-state index contributed by atoms with van der Waals surface area (Å²) in [6.07, 6.45) is 1.22. The second-order valence-corrected chi connectivity index (χ2v) is 4.61. The molecule has 0 aliphatic heterocycles. The van der Waals surface area contributed by atoms with E-state index in [0.29, 0.717) is 5.06 Å². The van der Waals surface area contributed by atoms with Gasteiger partial charge in [-0.2, -0.15) is 0 Å². The number of hydrogen-bond donors (Lipinski definition) is 1. The van der Waals surface area contributed by atoms with Crippen LogP contribution in [0.15, 0.2) is 0 Å². The number of carbonyl (C=O) groups excluding carboxylic acids is 1. The number of hydroxylamine groups is 2. The predicted octanol–water partition coefficient (Wildman–Crippen LogP) is -0.733. The van der Waals surface area contributed by atoms with Gasteiger partial charge in [0.1, 0.15) is 9.84 Å². The van der Waals surface area contributed by atoms with E-state index in [1.807, 2.05) is 0 Å². The van der Waals surface area contributed by atoms with E-state index in [1.165, 1.54) is 6.92 Å². The number of hydrogen-bond acceptors (Lipinski definition) is 4. The maximum Gasteiger partial charge on any atom is 0.233 e. The fraction of sp³-hybridized carbons (Fsp3) is 0.800. The molecule has 0 heterocycles. The minimum Gasteiger partial charge on any atom is -0.286 e. The van der Waals surface area contributed by atoms with Gasteiger partial charge in [0.25, 0.3) is 0 Å². The van der Waals surface area contributed by atoms with Crippen molar-refractivity contribution in [2.75, 3.05) is 12.0 Å². The average Bonchev–Trinajstić information content (AvgIpc) is 1.82. The van der Waals surface area contributed by atoms with Crippen molar-refractivity contribution in [1.82, 2.24) is 5.06 Å². The van der Waals surface area contributed by atoms with Gasteiger partial charge in [0, 0.05) is 6.26 Å². The van der Waals surface area contributed by atoms with Gasteiger partial charge in [-0.15, -0.1) is 0 Å². The molecule has 0 saturated carbocycles. The predicted molar refractivity (Wildman–Crippen MR) is 38.9 cm³/mol. The molecule has 1 N–H and O–H groups in total. The Morgan fingerprint density at radius 2 is 2.09 bits per heavy atom. The second-order valence-electron chi connectivity index (χ2n) is 2.43. The molecule has 5 nitrogen and oxygen atoms in total. The topological polar surface area (TPSA) is 74.7 Å². The van der Waals surface area contributed by atoms with Crippen LogP contribution in [0.4, 0.5) is 0 Å². The Hall–Kier alpha value is -0.620. The minimum absolute atomic E-state index is 0.176. The summed E-state index contributed by atoms with van der Waals surface area (Å²) in [6.45, 7) is 1.44. The first-order valence-electron chi connectivity index (χ1n) is 2.97. The Morgan fingerprint density at radius 1 is 1.64 bits per heavy atom. The number of rotatable bonds is 4. The molecule has 0 aromatic carbocycles. The SMILES string of the molecule is C[C@@H](CS(C)(=O)=O)N(O)C=O. The van der Waals surface area contributed by atoms with Crippen LogP contribution in [0.2, 0.25) is 0 Å². The molecule has 0 aromatic heterocycles. The normalized spacial score (nSPS) is 14.1. The smallest absolute Gasteiger partial charge is 0.233 e. The van der Waals surface area contributed by atoms with Crippen molar-refractivity contribution in [2.45, 2.75) is 13.0 Å². The molecular formula is C5H11NO4S. The zero-order valence-corrected chi connectivity index (χ0v) is 7.21. The third-order valence-corrected chi connectivity index (χ3v) is 2.19. The van der Waals surface area contributed by atoms with Crippen LogP contribution in [0.5, 0.6) is 0 Å². The van der Waals surface area contributed by atoms with E-state index >= 15 is 0 Å². The first-order chi connectivity index (χ1) is 4.87. The van der Waals surface area contributed by atoms with Crippen LogP contribution in [0.25, 0.3) is 0 Å². The van der Waals surface area contributed by atoms with Crippen molar-refractivity contribution >= 4 is 16.2 Å². The van der Waals surface area contributed by atoms with Gasteiger partial charge in [0.15, 0.2) is 0 Å². The molecule has 0 rings (SSSR count). The molecule has 0 spiro atoms. The molecule has 0 bridgehead atoms. The monoisotopic (exact) mass is 181 g/mol. The lowest BCUT2D eigenvalue weighted by Crippen LogP contribution is -2.34. The first-order valence-corrected chi connectivity index (χ1v) is 5.03. The molecule has 1 amide bonds. The summed E-state index contributed by atoms with van der Waals surface area (Å²) in [5.41, 5.74) is 0. The highest BCUT2D eigenvalue weighted by Crippen LogP contribution is 1.95. The van der Waals surface area contributed by atoms with Gasteiger partial charge >= 0.3 is 0 Å². The minimum atomic E-state index is -3.14. The Morgan fingerprint density at radius 3 is 2.36 bits per heavy atom. The first kappa shape index (κ1) is 10.4. The van der Waals surface area contributed by atoms with Gasteiger partial charge in [0.2, 0.25) is 6.41 Å². The summed E-state index contributed by atoms with van der Waals surface area (Å²) in [7, 11) is -3.14. The van der Waals surface area contributed by atoms with Crippen molar-refractivity contribution in [2.24, 2.45) is 0 Å². The second kappa shape index (κ2) is 3.68. The molecule has 0 aliphatic carbocycles. The van der Waals surface area contributed by atoms with Crippen molar-refractivity contribution in [3.8, 4) is 0 Å². The summed E-state index contributed by atoms with van der Waals surface area (Å²) in [5, 5.41) is 9.02. The van der Waals surface area contributed by atoms with E-state index in [1.54, 1.807) is 0 Å². The van der Waals surface area contributed by atoms with E-state index in [4.69, 9.17) is 5.21 Å². The van der Waals surface area contributed by atoms with Gasteiger partial charge < -0.3 is 0 Å². The zero-order chi connectivity index (χ0) is 9.07. The summed E-state index contributed by atoms with van der Waals surface area (Å²) in [4.78, 5) is 9.91. The Balaban J connectivity index is 4.08. The molecule has 66 valence electrons. The highest BCUT2D eigenvalue weighted by molar-refractivity contribution is 7.90. The third kappa shape index (κ3) is 4.74. The van der Waals surface area contributed by atoms with E-state index in [0.717, 1.165) is 6.26 Å². The van der Waals surface area contributed by atoms with Gasteiger partial charge in [-0.05, 0) is 6.92 Å². The summed E-state index contributed by atoms with van der Waals surface area (Å²) in [6, 6.07) is -0.692. The van der Waals surface area contributed by atoms with Crippen LogP contribution in [-0.4, -0.2) is 43.1 Å². The van der Waals surface area contributed by atoms with Crippen LogP contribution in [0, 0.1) is 0 Å². The number of carbonyl (C=O) groups is 1. The van der Waals surface area contributed by atoms with Crippen molar-refractivity contribution < 1.29 is 18.4 Å². The van der Waals surface area contributed by atoms with E-state index in [-0.39, 0.29) is 12.2 Å². The lowest BCUT2D eigenvalue weighted by molar-refractivity contribution is -0.156. The standard InChI is InChI=1S/C5H11NO4S/c1-5(6(8)4-7)3-11(2,9)10/h4-5,8H,3H2,1-2H3/t5-/m0/s1. The van der Waals surface area contributed by atoms with E-state index in [9.17, 15) is 13.2 Å². The average molecular weight is 181 g/mol. The van der Waals surface area contributed by atoms with Crippen molar-refractivity contribution in [1.29, 1.82) is 0 Å². The van der Waals surface area contributed by atoms with Crippen LogP contribution < -0.4 is 0 Å². The number of amides is 1. The van der Waals surface area contributed by atoms with E-state index in [2.05, 4.69) is 0 Å². The van der Waals surface area contributed by atoms with Crippen molar-refractivity contribution in [3.05, 3.63) is 0 Å². The highest BCUT2D eigenvalue weighted by Gasteiger charge is 2.14. The lowest BCUT2D eigenvalue weighted by Gasteiger charge is -2.16.